The van der Waals surface area contributed by atoms with E-state index in [9.17, 15) is 9.59 Å². The number of likely N-dealkylation sites (tertiary alicyclic amines) is 1. The summed E-state index contributed by atoms with van der Waals surface area (Å²) in [5.74, 6) is 0.443. The molecular weight excluding hydrogens is 278 g/mol. The van der Waals surface area contributed by atoms with Gasteiger partial charge < -0.3 is 10.2 Å². The van der Waals surface area contributed by atoms with Crippen molar-refractivity contribution in [3.63, 3.8) is 0 Å². The lowest BCUT2D eigenvalue weighted by Crippen LogP contribution is -2.39. The Morgan fingerprint density at radius 2 is 2.27 bits per heavy atom. The second kappa shape index (κ2) is 7.92. The van der Waals surface area contributed by atoms with E-state index in [0.717, 1.165) is 31.4 Å². The van der Waals surface area contributed by atoms with Crippen molar-refractivity contribution in [2.75, 3.05) is 13.1 Å². The fraction of sp³-hybridized carbons (Fsp3) is 0.588. The van der Waals surface area contributed by atoms with Gasteiger partial charge in [0.2, 0.25) is 11.8 Å². The van der Waals surface area contributed by atoms with Crippen molar-refractivity contribution in [3.05, 3.63) is 30.1 Å². The van der Waals surface area contributed by atoms with Crippen molar-refractivity contribution >= 4 is 11.8 Å². The van der Waals surface area contributed by atoms with Crippen LogP contribution in [0.2, 0.25) is 0 Å². The summed E-state index contributed by atoms with van der Waals surface area (Å²) < 4.78 is 0. The van der Waals surface area contributed by atoms with Crippen LogP contribution in [-0.2, 0) is 9.59 Å². The van der Waals surface area contributed by atoms with Gasteiger partial charge in [-0.1, -0.05) is 19.9 Å². The molecule has 2 amide bonds. The summed E-state index contributed by atoms with van der Waals surface area (Å²) in [5, 5.41) is 2.74. The predicted octanol–water partition coefficient (Wildman–Crippen LogP) is 2.30. The van der Waals surface area contributed by atoms with Gasteiger partial charge in [0, 0.05) is 25.4 Å². The first kappa shape index (κ1) is 16.5. The maximum atomic E-state index is 12.4. The zero-order valence-corrected chi connectivity index (χ0v) is 13.4. The highest BCUT2D eigenvalue weighted by atomic mass is 16.2. The molecule has 0 aliphatic carbocycles. The van der Waals surface area contributed by atoms with Gasteiger partial charge in [0.15, 0.2) is 0 Å². The van der Waals surface area contributed by atoms with Crippen molar-refractivity contribution in [3.8, 4) is 0 Å². The summed E-state index contributed by atoms with van der Waals surface area (Å²) in [5.41, 5.74) is 1.07. The minimum Gasteiger partial charge on any atom is -0.347 e. The van der Waals surface area contributed by atoms with Crippen molar-refractivity contribution in [1.29, 1.82) is 0 Å². The van der Waals surface area contributed by atoms with E-state index in [2.05, 4.69) is 24.1 Å². The number of rotatable bonds is 6. The summed E-state index contributed by atoms with van der Waals surface area (Å²) in [7, 11) is 0. The maximum absolute atomic E-state index is 12.4. The molecule has 0 radical (unpaired) electrons. The number of hydrogen-bond donors (Lipinski definition) is 1. The third-order valence-corrected chi connectivity index (χ3v) is 4.03. The lowest BCUT2D eigenvalue weighted by molar-refractivity contribution is -0.133. The van der Waals surface area contributed by atoms with E-state index in [1.807, 2.05) is 23.2 Å². The number of nitrogens with zero attached hydrogens (tertiary/aromatic N) is 2. The summed E-state index contributed by atoms with van der Waals surface area (Å²) in [6.45, 7) is 5.01. The molecule has 0 spiro atoms. The Morgan fingerprint density at radius 1 is 1.45 bits per heavy atom. The first-order valence-corrected chi connectivity index (χ1v) is 8.04. The van der Waals surface area contributed by atoms with Crippen LogP contribution in [0.25, 0.3) is 0 Å². The Bertz CT molecular complexity index is 502. The van der Waals surface area contributed by atoms with Crippen LogP contribution in [0.4, 0.5) is 0 Å². The quantitative estimate of drug-likeness (QED) is 0.877. The molecule has 1 fully saturated rings. The zero-order chi connectivity index (χ0) is 15.9. The molecule has 2 rings (SSSR count). The van der Waals surface area contributed by atoms with Crippen molar-refractivity contribution in [2.24, 2.45) is 5.92 Å². The van der Waals surface area contributed by atoms with E-state index >= 15 is 0 Å². The van der Waals surface area contributed by atoms with E-state index in [4.69, 9.17) is 0 Å². The second-order valence-electron chi connectivity index (χ2n) is 6.24. The lowest BCUT2D eigenvalue weighted by atomic mass is 10.1. The molecule has 1 saturated heterocycles. The van der Waals surface area contributed by atoms with Crippen molar-refractivity contribution in [1.82, 2.24) is 15.2 Å². The third-order valence-electron chi connectivity index (χ3n) is 4.03. The summed E-state index contributed by atoms with van der Waals surface area (Å²) in [6.07, 6.45) is 6.83. The number of aromatic nitrogens is 1. The number of carbonyl (C=O) groups excluding carboxylic acids is 2. The van der Waals surface area contributed by atoms with Crippen LogP contribution in [0, 0.1) is 5.92 Å². The smallest absolute Gasteiger partial charge is 0.242 e. The van der Waals surface area contributed by atoms with Crippen LogP contribution in [0.15, 0.2) is 24.5 Å². The molecule has 1 aliphatic rings. The molecule has 22 heavy (non-hydrogen) atoms. The van der Waals surface area contributed by atoms with Gasteiger partial charge in [0.25, 0.3) is 0 Å². The summed E-state index contributed by atoms with van der Waals surface area (Å²) >= 11 is 0. The Kier molecular flexibility index (Phi) is 5.92. The van der Waals surface area contributed by atoms with Crippen LogP contribution < -0.4 is 5.32 Å². The number of carbonyl (C=O) groups is 2. The lowest BCUT2D eigenvalue weighted by Gasteiger charge is -2.25. The monoisotopic (exact) mass is 303 g/mol. The molecule has 2 heterocycles. The normalized spacial score (nSPS) is 17.8. The maximum Gasteiger partial charge on any atom is 0.242 e. The van der Waals surface area contributed by atoms with E-state index in [1.54, 1.807) is 6.20 Å². The molecule has 1 N–H and O–H groups in total. The Morgan fingerprint density at radius 3 is 2.95 bits per heavy atom. The van der Waals surface area contributed by atoms with Gasteiger partial charge in [-0.25, -0.2) is 0 Å². The number of nitrogens with one attached hydrogen (secondary N) is 1. The van der Waals surface area contributed by atoms with E-state index < -0.39 is 0 Å². The fourth-order valence-electron chi connectivity index (χ4n) is 2.77. The molecule has 1 unspecified atom stereocenters. The second-order valence-corrected chi connectivity index (χ2v) is 6.24. The van der Waals surface area contributed by atoms with Gasteiger partial charge in [-0.3, -0.25) is 14.6 Å². The molecule has 5 heteroatoms. The molecule has 0 saturated carbocycles. The van der Waals surface area contributed by atoms with Crippen LogP contribution in [0.3, 0.4) is 0 Å². The summed E-state index contributed by atoms with van der Waals surface area (Å²) in [4.78, 5) is 30.1. The van der Waals surface area contributed by atoms with Crippen LogP contribution in [0.1, 0.15) is 51.1 Å². The highest BCUT2D eigenvalue weighted by molar-refractivity contribution is 5.85. The first-order chi connectivity index (χ1) is 10.6. The van der Waals surface area contributed by atoms with E-state index in [-0.39, 0.29) is 24.4 Å². The average Bonchev–Trinajstić information content (AvgIpc) is 3.01. The third kappa shape index (κ3) is 4.55. The molecule has 5 nitrogen and oxygen atoms in total. The predicted molar refractivity (Wildman–Crippen MR) is 85.0 cm³/mol. The minimum atomic E-state index is -0.0424. The molecule has 0 aromatic carbocycles. The standard InChI is InChI=1S/C17H25N3O2/c1-13(2)7-8-16(21)19-12-17(22)20-10-4-6-15(20)14-5-3-9-18-11-14/h3,5,9,11,13,15H,4,6-8,10,12H2,1-2H3,(H,19,21). The van der Waals surface area contributed by atoms with Gasteiger partial charge in [0.1, 0.15) is 0 Å². The zero-order valence-electron chi connectivity index (χ0n) is 13.4. The highest BCUT2D eigenvalue weighted by Gasteiger charge is 2.29. The Hall–Kier alpha value is -1.91. The molecule has 1 atom stereocenters. The Labute approximate surface area is 132 Å². The van der Waals surface area contributed by atoms with Crippen LogP contribution in [0.5, 0.6) is 0 Å². The molecule has 1 aromatic rings. The fourth-order valence-corrected chi connectivity index (χ4v) is 2.77. The first-order valence-electron chi connectivity index (χ1n) is 8.04. The largest absolute Gasteiger partial charge is 0.347 e. The van der Waals surface area contributed by atoms with Gasteiger partial charge in [-0.2, -0.15) is 0 Å². The molecule has 1 aromatic heterocycles. The molecule has 1 aliphatic heterocycles. The van der Waals surface area contributed by atoms with Gasteiger partial charge in [0.05, 0.1) is 12.6 Å². The van der Waals surface area contributed by atoms with Crippen molar-refractivity contribution < 1.29 is 9.59 Å². The molecule has 120 valence electrons. The number of hydrogen-bond acceptors (Lipinski definition) is 3. The minimum absolute atomic E-state index is 0.00995. The number of pyridine rings is 1. The Balaban J connectivity index is 1.85. The molecule has 0 bridgehead atoms. The van der Waals surface area contributed by atoms with Gasteiger partial charge in [-0.05, 0) is 36.8 Å². The van der Waals surface area contributed by atoms with Crippen LogP contribution >= 0.6 is 0 Å². The van der Waals surface area contributed by atoms with Gasteiger partial charge in [-0.15, -0.1) is 0 Å². The van der Waals surface area contributed by atoms with Gasteiger partial charge >= 0.3 is 0 Å². The summed E-state index contributed by atoms with van der Waals surface area (Å²) in [6, 6.07) is 3.99. The van der Waals surface area contributed by atoms with E-state index in [0.29, 0.717) is 12.3 Å². The van der Waals surface area contributed by atoms with E-state index in [1.165, 1.54) is 0 Å². The highest BCUT2D eigenvalue weighted by Crippen LogP contribution is 2.31. The SMILES string of the molecule is CC(C)CCC(=O)NCC(=O)N1CCCC1c1cccnc1. The average molecular weight is 303 g/mol. The molecular formula is C17H25N3O2. The number of amides is 2. The van der Waals surface area contributed by atoms with Crippen molar-refractivity contribution in [2.45, 2.75) is 45.6 Å². The topological polar surface area (TPSA) is 62.3 Å². The van der Waals surface area contributed by atoms with Crippen LogP contribution in [-0.4, -0.2) is 34.8 Å².